The van der Waals surface area contributed by atoms with E-state index in [-0.39, 0.29) is 16.7 Å². The number of imide groups is 1. The Morgan fingerprint density at radius 3 is 2.48 bits per heavy atom. The minimum absolute atomic E-state index is 0.175. The molecule has 3 aromatic carbocycles. The van der Waals surface area contributed by atoms with Crippen LogP contribution in [0.4, 0.5) is 5.69 Å². The molecule has 0 radical (unpaired) electrons. The maximum Gasteiger partial charge on any atom is 0.258 e. The van der Waals surface area contributed by atoms with Gasteiger partial charge in [0.2, 0.25) is 0 Å². The molecule has 7 heteroatoms. The number of anilines is 1. The molecule has 1 heterocycles. The van der Waals surface area contributed by atoms with Crippen molar-refractivity contribution in [3.05, 3.63) is 94.0 Å². The molecule has 3 aromatic rings. The maximum absolute atomic E-state index is 12.6. The van der Waals surface area contributed by atoms with Gasteiger partial charge in [0.25, 0.3) is 17.7 Å². The second-order valence-electron chi connectivity index (χ2n) is 6.41. The fraction of sp³-hybridized carbons (Fsp3) is 0.0455. The number of ether oxygens (including phenoxy) is 1. The highest BCUT2D eigenvalue weighted by Crippen LogP contribution is 2.28. The number of nitrogens with one attached hydrogen (secondary N) is 2. The van der Waals surface area contributed by atoms with Gasteiger partial charge < -0.3 is 10.1 Å². The molecule has 29 heavy (non-hydrogen) atoms. The molecule has 2 N–H and O–H groups in total. The number of hydrogen-bond donors (Lipinski definition) is 2. The zero-order valence-electron chi connectivity index (χ0n) is 15.1. The maximum atomic E-state index is 12.6. The third-order valence-corrected chi connectivity index (χ3v) is 4.76. The van der Waals surface area contributed by atoms with Gasteiger partial charge in [-0.2, -0.15) is 0 Å². The lowest BCUT2D eigenvalue weighted by molar-refractivity contribution is 0.0879. The van der Waals surface area contributed by atoms with Gasteiger partial charge in [-0.15, -0.1) is 0 Å². The first-order valence-electron chi connectivity index (χ1n) is 8.78. The third kappa shape index (κ3) is 3.97. The lowest BCUT2D eigenvalue weighted by Crippen LogP contribution is -2.19. The summed E-state index contributed by atoms with van der Waals surface area (Å²) < 4.78 is 5.76. The fourth-order valence-corrected chi connectivity index (χ4v) is 3.10. The number of carbonyl (C=O) groups excluding carboxylic acids is 3. The van der Waals surface area contributed by atoms with E-state index >= 15 is 0 Å². The molecule has 0 atom stereocenters. The van der Waals surface area contributed by atoms with Gasteiger partial charge in [0.05, 0.1) is 21.8 Å². The van der Waals surface area contributed by atoms with Crippen LogP contribution in [0.3, 0.4) is 0 Å². The Bertz CT molecular complexity index is 1130. The SMILES string of the molecule is O=C(Nc1cc(OCc2ccccc2)ccc1Cl)c1ccc2c(c1)C(=O)NC2=O. The highest BCUT2D eigenvalue weighted by Gasteiger charge is 2.27. The van der Waals surface area contributed by atoms with E-state index in [0.717, 1.165) is 5.56 Å². The first kappa shape index (κ1) is 18.7. The number of hydrogen-bond acceptors (Lipinski definition) is 4. The Kier molecular flexibility index (Phi) is 5.01. The predicted molar refractivity (Wildman–Crippen MR) is 108 cm³/mol. The van der Waals surface area contributed by atoms with Crippen molar-refractivity contribution in [2.24, 2.45) is 0 Å². The van der Waals surface area contributed by atoms with Gasteiger partial charge in [-0.25, -0.2) is 0 Å². The lowest BCUT2D eigenvalue weighted by Gasteiger charge is -2.11. The van der Waals surface area contributed by atoms with Crippen LogP contribution in [-0.2, 0) is 6.61 Å². The van der Waals surface area contributed by atoms with Gasteiger partial charge in [-0.05, 0) is 35.9 Å². The normalized spacial score (nSPS) is 12.3. The Balaban J connectivity index is 1.50. The third-order valence-electron chi connectivity index (χ3n) is 4.43. The van der Waals surface area contributed by atoms with Crippen LogP contribution in [0.5, 0.6) is 5.75 Å². The smallest absolute Gasteiger partial charge is 0.258 e. The second kappa shape index (κ2) is 7.77. The Morgan fingerprint density at radius 1 is 0.931 bits per heavy atom. The molecule has 0 saturated carbocycles. The minimum atomic E-state index is -0.519. The molecule has 0 fully saturated rings. The summed E-state index contributed by atoms with van der Waals surface area (Å²) in [5.74, 6) is -0.896. The molecular weight excluding hydrogens is 392 g/mol. The molecular formula is C22H15ClN2O4. The average Bonchev–Trinajstić information content (AvgIpc) is 3.02. The summed E-state index contributed by atoms with van der Waals surface area (Å²) in [7, 11) is 0. The molecule has 1 aliphatic heterocycles. The van der Waals surface area contributed by atoms with E-state index in [1.54, 1.807) is 18.2 Å². The molecule has 6 nitrogen and oxygen atoms in total. The van der Waals surface area contributed by atoms with Crippen molar-refractivity contribution in [2.45, 2.75) is 6.61 Å². The molecule has 144 valence electrons. The van der Waals surface area contributed by atoms with Gasteiger partial charge in [0, 0.05) is 11.6 Å². The van der Waals surface area contributed by atoms with E-state index in [2.05, 4.69) is 10.6 Å². The van der Waals surface area contributed by atoms with Gasteiger partial charge in [0.1, 0.15) is 12.4 Å². The zero-order chi connectivity index (χ0) is 20.4. The van der Waals surface area contributed by atoms with Gasteiger partial charge in [-0.1, -0.05) is 41.9 Å². The fourth-order valence-electron chi connectivity index (χ4n) is 2.93. The van der Waals surface area contributed by atoms with Crippen LogP contribution in [0.1, 0.15) is 36.6 Å². The van der Waals surface area contributed by atoms with Crippen LogP contribution < -0.4 is 15.4 Å². The van der Waals surface area contributed by atoms with E-state index in [1.165, 1.54) is 18.2 Å². The Hall–Kier alpha value is -3.64. The van der Waals surface area contributed by atoms with Crippen molar-refractivity contribution in [1.29, 1.82) is 0 Å². The van der Waals surface area contributed by atoms with Crippen LogP contribution >= 0.6 is 11.6 Å². The highest BCUT2D eigenvalue weighted by atomic mass is 35.5. The first-order chi connectivity index (χ1) is 14.0. The van der Waals surface area contributed by atoms with Crippen LogP contribution in [0.15, 0.2) is 66.7 Å². The van der Waals surface area contributed by atoms with Crippen molar-refractivity contribution in [3.63, 3.8) is 0 Å². The van der Waals surface area contributed by atoms with Crippen LogP contribution in [-0.4, -0.2) is 17.7 Å². The van der Waals surface area contributed by atoms with E-state index in [9.17, 15) is 14.4 Å². The molecule has 0 aromatic heterocycles. The summed E-state index contributed by atoms with van der Waals surface area (Å²) in [5, 5.41) is 5.26. The second-order valence-corrected chi connectivity index (χ2v) is 6.82. The molecule has 0 spiro atoms. The summed E-state index contributed by atoms with van der Waals surface area (Å²) in [6.45, 7) is 0.379. The van der Waals surface area contributed by atoms with Crippen LogP contribution in [0.2, 0.25) is 5.02 Å². The number of benzene rings is 3. The monoisotopic (exact) mass is 406 g/mol. The van der Waals surface area contributed by atoms with Crippen LogP contribution in [0, 0.1) is 0 Å². The average molecular weight is 407 g/mol. The lowest BCUT2D eigenvalue weighted by atomic mass is 10.1. The van der Waals surface area contributed by atoms with E-state index < -0.39 is 17.7 Å². The van der Waals surface area contributed by atoms with Crippen LogP contribution in [0.25, 0.3) is 0 Å². The first-order valence-corrected chi connectivity index (χ1v) is 9.16. The zero-order valence-corrected chi connectivity index (χ0v) is 15.8. The van der Waals surface area contributed by atoms with E-state index in [1.807, 2.05) is 30.3 Å². The van der Waals surface area contributed by atoms with Crippen molar-refractivity contribution < 1.29 is 19.1 Å². The summed E-state index contributed by atoms with van der Waals surface area (Å²) >= 11 is 6.20. The standard InChI is InChI=1S/C22H15ClN2O4/c23-18-9-7-15(29-12-13-4-2-1-3-5-13)11-19(18)24-20(26)14-6-8-16-17(10-14)22(28)25-21(16)27/h1-11H,12H2,(H,24,26)(H,25,27,28). The molecule has 0 bridgehead atoms. The number of rotatable bonds is 5. The highest BCUT2D eigenvalue weighted by molar-refractivity contribution is 6.34. The number of halogens is 1. The van der Waals surface area contributed by atoms with Crippen molar-refractivity contribution in [2.75, 3.05) is 5.32 Å². The molecule has 0 unspecified atom stereocenters. The molecule has 0 saturated heterocycles. The molecule has 0 aliphatic carbocycles. The molecule has 3 amide bonds. The van der Waals surface area contributed by atoms with E-state index in [0.29, 0.717) is 23.1 Å². The number of amides is 3. The molecule has 4 rings (SSSR count). The molecule has 1 aliphatic rings. The van der Waals surface area contributed by atoms with Crippen molar-refractivity contribution in [3.8, 4) is 5.75 Å². The van der Waals surface area contributed by atoms with Gasteiger partial charge in [-0.3, -0.25) is 19.7 Å². The number of fused-ring (bicyclic) bond motifs is 1. The number of carbonyl (C=O) groups is 3. The summed E-state index contributed by atoms with van der Waals surface area (Å²) in [6, 6.07) is 19.0. The Morgan fingerprint density at radius 2 is 1.69 bits per heavy atom. The van der Waals surface area contributed by atoms with E-state index in [4.69, 9.17) is 16.3 Å². The largest absolute Gasteiger partial charge is 0.489 e. The van der Waals surface area contributed by atoms with Gasteiger partial charge >= 0.3 is 0 Å². The van der Waals surface area contributed by atoms with Gasteiger partial charge in [0.15, 0.2) is 0 Å². The van der Waals surface area contributed by atoms with Crippen molar-refractivity contribution >= 4 is 35.0 Å². The van der Waals surface area contributed by atoms with Crippen molar-refractivity contribution in [1.82, 2.24) is 5.32 Å². The minimum Gasteiger partial charge on any atom is -0.489 e. The summed E-state index contributed by atoms with van der Waals surface area (Å²) in [4.78, 5) is 36.0. The summed E-state index contributed by atoms with van der Waals surface area (Å²) in [5.41, 5.74) is 2.05. The Labute approximate surface area is 171 Å². The quantitative estimate of drug-likeness (QED) is 0.626. The topological polar surface area (TPSA) is 84.5 Å². The summed E-state index contributed by atoms with van der Waals surface area (Å²) in [6.07, 6.45) is 0. The predicted octanol–water partition coefficient (Wildman–Crippen LogP) is 4.05.